The van der Waals surface area contributed by atoms with E-state index >= 15 is 0 Å². The standard InChI is InChI=1S/C28H22N4O3S/c33-25(21-9-5-2-6-10-21)29-24-17-15-23(16-18-24)27(35)31-32-28(36)30-26(34)22-13-11-20(12-14-22)19-7-3-1-4-8-19/h1-18H,(H,29,33)(H,31,35)(H2,30,32,34,36). The summed E-state index contributed by atoms with van der Waals surface area (Å²) in [6.45, 7) is 0. The number of anilines is 1. The van der Waals surface area contributed by atoms with Crippen molar-refractivity contribution in [2.45, 2.75) is 0 Å². The fourth-order valence-corrected chi connectivity index (χ4v) is 3.48. The maximum Gasteiger partial charge on any atom is 0.269 e. The molecule has 0 bridgehead atoms. The van der Waals surface area contributed by atoms with Crippen LogP contribution in [0.25, 0.3) is 11.1 Å². The first-order valence-electron chi connectivity index (χ1n) is 11.0. The van der Waals surface area contributed by atoms with Crippen molar-refractivity contribution in [3.8, 4) is 11.1 Å². The number of carbonyl (C=O) groups is 3. The van der Waals surface area contributed by atoms with Crippen LogP contribution in [-0.4, -0.2) is 22.8 Å². The van der Waals surface area contributed by atoms with Gasteiger partial charge in [0.2, 0.25) is 0 Å². The highest BCUT2D eigenvalue weighted by molar-refractivity contribution is 7.80. The van der Waals surface area contributed by atoms with Crippen molar-refractivity contribution in [3.05, 3.63) is 126 Å². The summed E-state index contributed by atoms with van der Waals surface area (Å²) >= 11 is 5.11. The number of hydrazine groups is 1. The number of hydrogen-bond acceptors (Lipinski definition) is 4. The number of amides is 3. The fraction of sp³-hybridized carbons (Fsp3) is 0. The third kappa shape index (κ3) is 6.40. The Morgan fingerprint density at radius 2 is 1.00 bits per heavy atom. The van der Waals surface area contributed by atoms with Gasteiger partial charge in [-0.3, -0.25) is 30.6 Å². The monoisotopic (exact) mass is 494 g/mol. The molecule has 4 rings (SSSR count). The van der Waals surface area contributed by atoms with Gasteiger partial charge >= 0.3 is 0 Å². The molecule has 4 N–H and O–H groups in total. The van der Waals surface area contributed by atoms with Gasteiger partial charge in [0, 0.05) is 22.4 Å². The topological polar surface area (TPSA) is 99.3 Å². The normalized spacial score (nSPS) is 10.1. The smallest absolute Gasteiger partial charge is 0.269 e. The largest absolute Gasteiger partial charge is 0.322 e. The van der Waals surface area contributed by atoms with Crippen LogP contribution >= 0.6 is 12.2 Å². The van der Waals surface area contributed by atoms with E-state index in [0.717, 1.165) is 11.1 Å². The van der Waals surface area contributed by atoms with E-state index in [1.54, 1.807) is 60.7 Å². The average Bonchev–Trinajstić information content (AvgIpc) is 2.93. The lowest BCUT2D eigenvalue weighted by Crippen LogP contribution is -2.48. The summed E-state index contributed by atoms with van der Waals surface area (Å²) in [4.78, 5) is 37.1. The van der Waals surface area contributed by atoms with E-state index in [9.17, 15) is 14.4 Å². The molecule has 0 aromatic heterocycles. The molecule has 4 aromatic rings. The lowest BCUT2D eigenvalue weighted by molar-refractivity contribution is 0.0934. The first-order valence-corrected chi connectivity index (χ1v) is 11.4. The molecule has 0 atom stereocenters. The highest BCUT2D eigenvalue weighted by atomic mass is 32.1. The van der Waals surface area contributed by atoms with Gasteiger partial charge in [0.05, 0.1) is 0 Å². The van der Waals surface area contributed by atoms with Crippen LogP contribution in [0, 0.1) is 0 Å². The molecule has 4 aromatic carbocycles. The molecule has 7 nitrogen and oxygen atoms in total. The summed E-state index contributed by atoms with van der Waals surface area (Å²) < 4.78 is 0. The summed E-state index contributed by atoms with van der Waals surface area (Å²) in [7, 11) is 0. The van der Waals surface area contributed by atoms with E-state index in [1.807, 2.05) is 48.5 Å². The number of hydrogen-bond donors (Lipinski definition) is 4. The lowest BCUT2D eigenvalue weighted by atomic mass is 10.0. The van der Waals surface area contributed by atoms with Gasteiger partial charge in [-0.1, -0.05) is 60.7 Å². The molecule has 36 heavy (non-hydrogen) atoms. The second-order valence-corrected chi connectivity index (χ2v) is 8.11. The summed E-state index contributed by atoms with van der Waals surface area (Å²) in [5.41, 5.74) is 8.85. The van der Waals surface area contributed by atoms with E-state index in [0.29, 0.717) is 22.4 Å². The number of thiocarbonyl (C=S) groups is 1. The zero-order valence-corrected chi connectivity index (χ0v) is 19.8. The lowest BCUT2D eigenvalue weighted by Gasteiger charge is -2.11. The first-order chi connectivity index (χ1) is 17.5. The Bertz CT molecular complexity index is 1370. The van der Waals surface area contributed by atoms with Crippen LogP contribution in [0.1, 0.15) is 31.1 Å². The van der Waals surface area contributed by atoms with Crippen LogP contribution in [0.3, 0.4) is 0 Å². The van der Waals surface area contributed by atoms with Gasteiger partial charge in [-0.15, -0.1) is 0 Å². The van der Waals surface area contributed by atoms with Crippen molar-refractivity contribution in [1.29, 1.82) is 0 Å². The van der Waals surface area contributed by atoms with Gasteiger partial charge < -0.3 is 5.32 Å². The third-order valence-corrected chi connectivity index (χ3v) is 5.42. The predicted octanol–water partition coefficient (Wildman–Crippen LogP) is 4.56. The Labute approximate surface area is 213 Å². The summed E-state index contributed by atoms with van der Waals surface area (Å²) in [6, 6.07) is 32.1. The van der Waals surface area contributed by atoms with Crippen LogP contribution in [0.15, 0.2) is 109 Å². The summed E-state index contributed by atoms with van der Waals surface area (Å²) in [5.74, 6) is -1.11. The van der Waals surface area contributed by atoms with E-state index in [-0.39, 0.29) is 11.0 Å². The van der Waals surface area contributed by atoms with Gasteiger partial charge in [0.15, 0.2) is 5.11 Å². The molecule has 0 saturated carbocycles. The number of benzene rings is 4. The summed E-state index contributed by atoms with van der Waals surface area (Å²) in [5, 5.41) is 5.25. The van der Waals surface area contributed by atoms with Gasteiger partial charge in [-0.05, 0) is 71.9 Å². The van der Waals surface area contributed by atoms with Gasteiger partial charge in [-0.25, -0.2) is 0 Å². The Morgan fingerprint density at radius 3 is 1.64 bits per heavy atom. The highest BCUT2D eigenvalue weighted by Gasteiger charge is 2.11. The second kappa shape index (κ2) is 11.5. The molecule has 0 aliphatic carbocycles. The van der Waals surface area contributed by atoms with Crippen molar-refractivity contribution in [3.63, 3.8) is 0 Å². The molecule has 0 unspecified atom stereocenters. The van der Waals surface area contributed by atoms with Crippen LogP contribution in [-0.2, 0) is 0 Å². The minimum atomic E-state index is -0.459. The molecule has 0 saturated heterocycles. The fourth-order valence-electron chi connectivity index (χ4n) is 3.33. The Balaban J connectivity index is 1.25. The Kier molecular flexibility index (Phi) is 7.80. The Hall–Kier alpha value is -4.82. The molecular formula is C28H22N4O3S. The highest BCUT2D eigenvalue weighted by Crippen LogP contribution is 2.19. The quantitative estimate of drug-likeness (QED) is 0.241. The van der Waals surface area contributed by atoms with E-state index in [2.05, 4.69) is 21.5 Å². The molecule has 3 amide bonds. The maximum absolute atomic E-state index is 12.5. The van der Waals surface area contributed by atoms with Crippen LogP contribution in [0.5, 0.6) is 0 Å². The summed E-state index contributed by atoms with van der Waals surface area (Å²) in [6.07, 6.45) is 0. The molecular weight excluding hydrogens is 472 g/mol. The Morgan fingerprint density at radius 1 is 0.500 bits per heavy atom. The van der Waals surface area contributed by atoms with E-state index in [4.69, 9.17) is 12.2 Å². The average molecular weight is 495 g/mol. The van der Waals surface area contributed by atoms with Gasteiger partial charge in [0.25, 0.3) is 17.7 Å². The van der Waals surface area contributed by atoms with Crippen molar-refractivity contribution in [1.82, 2.24) is 16.2 Å². The molecule has 0 spiro atoms. The molecule has 178 valence electrons. The number of nitrogens with one attached hydrogen (secondary N) is 4. The predicted molar refractivity (Wildman–Crippen MR) is 143 cm³/mol. The molecule has 0 aliphatic rings. The maximum atomic E-state index is 12.5. The van der Waals surface area contributed by atoms with E-state index < -0.39 is 11.8 Å². The number of rotatable bonds is 5. The zero-order chi connectivity index (χ0) is 25.3. The SMILES string of the molecule is O=C(NNC(=S)NC(=O)c1ccc(-c2ccccc2)cc1)c1ccc(NC(=O)c2ccccc2)cc1. The van der Waals surface area contributed by atoms with Crippen LogP contribution in [0.2, 0.25) is 0 Å². The molecule has 0 radical (unpaired) electrons. The number of carbonyl (C=O) groups excluding carboxylic acids is 3. The van der Waals surface area contributed by atoms with Gasteiger partial charge in [-0.2, -0.15) is 0 Å². The van der Waals surface area contributed by atoms with Crippen LogP contribution < -0.4 is 21.5 Å². The minimum absolute atomic E-state index is 0.0489. The minimum Gasteiger partial charge on any atom is -0.322 e. The molecule has 0 fully saturated rings. The second-order valence-electron chi connectivity index (χ2n) is 7.70. The van der Waals surface area contributed by atoms with Crippen molar-refractivity contribution in [2.24, 2.45) is 0 Å². The molecule has 0 aliphatic heterocycles. The third-order valence-electron chi connectivity index (χ3n) is 5.21. The van der Waals surface area contributed by atoms with E-state index in [1.165, 1.54) is 0 Å². The van der Waals surface area contributed by atoms with Crippen molar-refractivity contribution >= 4 is 40.7 Å². The zero-order valence-electron chi connectivity index (χ0n) is 19.0. The first kappa shape index (κ1) is 24.3. The van der Waals surface area contributed by atoms with Gasteiger partial charge in [0.1, 0.15) is 0 Å². The molecule has 0 heterocycles. The molecule has 8 heteroatoms. The van der Waals surface area contributed by atoms with Crippen LogP contribution in [0.4, 0.5) is 5.69 Å². The van der Waals surface area contributed by atoms with Crippen molar-refractivity contribution < 1.29 is 14.4 Å². The van der Waals surface area contributed by atoms with Crippen molar-refractivity contribution in [2.75, 3.05) is 5.32 Å².